The van der Waals surface area contributed by atoms with E-state index >= 15 is 0 Å². The minimum atomic E-state index is -0.120. The fraction of sp³-hybridized carbons (Fsp3) is 0.213. The maximum Gasteiger partial charge on any atom is 0.0540 e. The van der Waals surface area contributed by atoms with Crippen LogP contribution in [-0.4, -0.2) is 0 Å². The van der Waals surface area contributed by atoms with E-state index in [9.17, 15) is 0 Å². The maximum atomic E-state index is 2.66. The first-order valence-electron chi connectivity index (χ1n) is 23.1. The number of nitrogens with zero attached hydrogens (tertiary/aromatic N) is 1. The van der Waals surface area contributed by atoms with Crippen molar-refractivity contribution in [1.29, 1.82) is 0 Å². The van der Waals surface area contributed by atoms with Crippen LogP contribution in [0.25, 0.3) is 55.6 Å². The predicted molar refractivity (Wildman–Crippen MR) is 258 cm³/mol. The molecule has 6 aliphatic rings. The lowest BCUT2D eigenvalue weighted by Crippen LogP contribution is -2.55. The fourth-order valence-electron chi connectivity index (χ4n) is 14.0. The molecule has 6 aliphatic carbocycles. The van der Waals surface area contributed by atoms with Gasteiger partial charge in [-0.15, -0.1) is 0 Å². The third kappa shape index (κ3) is 5.09. The second-order valence-electron chi connectivity index (χ2n) is 19.7. The molecule has 1 heteroatoms. The Hall–Kier alpha value is -6.44. The average Bonchev–Trinajstić information content (AvgIpc) is 3.73. The van der Waals surface area contributed by atoms with Gasteiger partial charge in [-0.25, -0.2) is 0 Å². The van der Waals surface area contributed by atoms with Crippen molar-refractivity contribution in [3.8, 4) is 55.6 Å². The first kappa shape index (κ1) is 36.2. The summed E-state index contributed by atoms with van der Waals surface area (Å²) in [6, 6.07) is 71.5. The van der Waals surface area contributed by atoms with Gasteiger partial charge in [0.25, 0.3) is 0 Å². The molecule has 62 heavy (non-hydrogen) atoms. The van der Waals surface area contributed by atoms with Crippen molar-refractivity contribution in [1.82, 2.24) is 0 Å². The van der Waals surface area contributed by atoms with Gasteiger partial charge >= 0.3 is 0 Å². The van der Waals surface area contributed by atoms with Gasteiger partial charge in [-0.05, 0) is 158 Å². The SMILES string of the molecule is CC1(C)c2ccccc2-c2ccc(N(c3ccc4c(c3)C3(c5ccccc5-4)C4CC5CC(C4)CC3C5)c3ccccc3-c3ccccc3-c3ccccc3-c3ccccc3)cc21. The molecular weight excluding hydrogens is 747 g/mol. The van der Waals surface area contributed by atoms with Gasteiger partial charge in [0.05, 0.1) is 5.69 Å². The molecule has 0 amide bonds. The Labute approximate surface area is 366 Å². The molecule has 1 spiro atoms. The minimum Gasteiger partial charge on any atom is -0.310 e. The van der Waals surface area contributed by atoms with Crippen LogP contribution in [0, 0.1) is 23.7 Å². The number of rotatable bonds is 6. The number of hydrogen-bond acceptors (Lipinski definition) is 1. The molecule has 0 radical (unpaired) electrons. The standard InChI is InChI=1S/C61H51N/c1-60(2)55-25-13-10-22-50(55)52-30-28-44(37-57(52)60)62(45-29-31-53-51-23-11-14-26-56(51)61(58(53)38-45)42-33-39-32-40(35-42)36-43(61)34-39)59-27-15-12-24-54(59)49-21-9-8-20-48(49)47-19-7-6-18-46(47)41-16-4-3-5-17-41/h3-31,37-40,42-43H,32-36H2,1-2H3. The van der Waals surface area contributed by atoms with E-state index in [-0.39, 0.29) is 10.8 Å². The lowest BCUT2D eigenvalue weighted by atomic mass is 9.43. The van der Waals surface area contributed by atoms with Gasteiger partial charge in [0, 0.05) is 27.8 Å². The molecular formula is C61H51N. The number of para-hydroxylation sites is 1. The fourth-order valence-corrected chi connectivity index (χ4v) is 14.0. The quantitative estimate of drug-likeness (QED) is 0.162. The summed E-state index contributed by atoms with van der Waals surface area (Å²) in [7, 11) is 0. The van der Waals surface area contributed by atoms with Gasteiger partial charge in [-0.2, -0.15) is 0 Å². The summed E-state index contributed by atoms with van der Waals surface area (Å²) in [6.45, 7) is 4.81. The molecule has 0 aliphatic heterocycles. The van der Waals surface area contributed by atoms with Crippen LogP contribution in [0.3, 0.4) is 0 Å². The van der Waals surface area contributed by atoms with Gasteiger partial charge in [0.15, 0.2) is 0 Å². The molecule has 300 valence electrons. The minimum absolute atomic E-state index is 0.0792. The summed E-state index contributed by atoms with van der Waals surface area (Å²) in [5.41, 5.74) is 22.6. The van der Waals surface area contributed by atoms with Gasteiger partial charge in [0.1, 0.15) is 0 Å². The number of anilines is 3. The van der Waals surface area contributed by atoms with Crippen molar-refractivity contribution in [2.24, 2.45) is 23.7 Å². The molecule has 0 saturated heterocycles. The van der Waals surface area contributed by atoms with Crippen LogP contribution in [-0.2, 0) is 10.8 Å². The molecule has 8 aromatic carbocycles. The van der Waals surface area contributed by atoms with E-state index in [1.807, 2.05) is 0 Å². The van der Waals surface area contributed by atoms with Crippen LogP contribution < -0.4 is 4.90 Å². The van der Waals surface area contributed by atoms with E-state index in [1.165, 1.54) is 116 Å². The molecule has 4 saturated carbocycles. The van der Waals surface area contributed by atoms with Crippen molar-refractivity contribution in [3.05, 3.63) is 210 Å². The first-order chi connectivity index (χ1) is 30.5. The molecule has 14 rings (SSSR count). The van der Waals surface area contributed by atoms with E-state index in [4.69, 9.17) is 0 Å². The van der Waals surface area contributed by atoms with Crippen molar-refractivity contribution in [2.75, 3.05) is 4.90 Å². The number of benzene rings is 8. The highest BCUT2D eigenvalue weighted by molar-refractivity contribution is 5.98. The van der Waals surface area contributed by atoms with E-state index < -0.39 is 0 Å². The smallest absolute Gasteiger partial charge is 0.0540 e. The zero-order valence-electron chi connectivity index (χ0n) is 35.7. The Balaban J connectivity index is 1.04. The Morgan fingerprint density at radius 1 is 0.355 bits per heavy atom. The summed E-state index contributed by atoms with van der Waals surface area (Å²) < 4.78 is 0. The largest absolute Gasteiger partial charge is 0.310 e. The van der Waals surface area contributed by atoms with E-state index in [1.54, 1.807) is 11.1 Å². The number of fused-ring (bicyclic) bond motifs is 6. The van der Waals surface area contributed by atoms with E-state index in [0.717, 1.165) is 11.8 Å². The summed E-state index contributed by atoms with van der Waals surface area (Å²) in [6.07, 6.45) is 6.95. The van der Waals surface area contributed by atoms with Gasteiger partial charge in [-0.1, -0.05) is 172 Å². The highest BCUT2D eigenvalue weighted by atomic mass is 15.1. The van der Waals surface area contributed by atoms with Crippen LogP contribution in [0.5, 0.6) is 0 Å². The summed E-state index contributed by atoms with van der Waals surface area (Å²) in [5, 5.41) is 0. The van der Waals surface area contributed by atoms with Crippen LogP contribution in [0.1, 0.15) is 68.2 Å². The van der Waals surface area contributed by atoms with E-state index in [0.29, 0.717) is 11.8 Å². The Morgan fingerprint density at radius 3 is 1.44 bits per heavy atom. The zero-order valence-corrected chi connectivity index (χ0v) is 35.7. The third-order valence-electron chi connectivity index (χ3n) is 16.3. The van der Waals surface area contributed by atoms with Crippen LogP contribution >= 0.6 is 0 Å². The molecule has 0 unspecified atom stereocenters. The summed E-state index contributed by atoms with van der Waals surface area (Å²) in [5.74, 6) is 3.20. The molecule has 0 atom stereocenters. The van der Waals surface area contributed by atoms with Gasteiger partial charge < -0.3 is 4.90 Å². The lowest BCUT2D eigenvalue weighted by molar-refractivity contribution is -0.0399. The third-order valence-corrected chi connectivity index (χ3v) is 16.3. The first-order valence-corrected chi connectivity index (χ1v) is 23.1. The maximum absolute atomic E-state index is 2.66. The molecule has 0 N–H and O–H groups in total. The second-order valence-corrected chi connectivity index (χ2v) is 19.7. The van der Waals surface area contributed by atoms with Gasteiger partial charge in [0.2, 0.25) is 0 Å². The highest BCUT2D eigenvalue weighted by Crippen LogP contribution is 2.69. The predicted octanol–water partition coefficient (Wildman–Crippen LogP) is 16.2. The Kier molecular flexibility index (Phi) is 7.91. The van der Waals surface area contributed by atoms with Crippen molar-refractivity contribution < 1.29 is 0 Å². The molecule has 0 heterocycles. The molecule has 1 nitrogen and oxygen atoms in total. The summed E-state index contributed by atoms with van der Waals surface area (Å²) >= 11 is 0. The Morgan fingerprint density at radius 2 is 0.790 bits per heavy atom. The number of hydrogen-bond donors (Lipinski definition) is 0. The normalized spacial score (nSPS) is 22.9. The van der Waals surface area contributed by atoms with Crippen LogP contribution in [0.15, 0.2) is 188 Å². The highest BCUT2D eigenvalue weighted by Gasteiger charge is 2.61. The average molecular weight is 798 g/mol. The zero-order chi connectivity index (χ0) is 41.2. The van der Waals surface area contributed by atoms with Crippen molar-refractivity contribution in [2.45, 2.75) is 56.8 Å². The second kappa shape index (κ2) is 13.5. The van der Waals surface area contributed by atoms with Crippen molar-refractivity contribution in [3.63, 3.8) is 0 Å². The molecule has 0 aromatic heterocycles. The van der Waals surface area contributed by atoms with Crippen LogP contribution in [0.4, 0.5) is 17.1 Å². The molecule has 8 aromatic rings. The molecule has 4 bridgehead atoms. The molecule has 4 fully saturated rings. The van der Waals surface area contributed by atoms with Crippen LogP contribution in [0.2, 0.25) is 0 Å². The lowest BCUT2D eigenvalue weighted by Gasteiger charge is -2.61. The van der Waals surface area contributed by atoms with E-state index in [2.05, 4.69) is 207 Å². The van der Waals surface area contributed by atoms with Crippen molar-refractivity contribution >= 4 is 17.1 Å². The monoisotopic (exact) mass is 797 g/mol. The topological polar surface area (TPSA) is 3.24 Å². The van der Waals surface area contributed by atoms with Gasteiger partial charge in [-0.3, -0.25) is 0 Å². The Bertz CT molecular complexity index is 3050. The summed E-state index contributed by atoms with van der Waals surface area (Å²) in [4.78, 5) is 2.61.